The molecule has 0 aromatic heterocycles. The van der Waals surface area contributed by atoms with Crippen molar-refractivity contribution in [1.82, 2.24) is 10.2 Å². The van der Waals surface area contributed by atoms with Crippen molar-refractivity contribution >= 4 is 0 Å². The van der Waals surface area contributed by atoms with Gasteiger partial charge in [-0.05, 0) is 92.3 Å². The van der Waals surface area contributed by atoms with Crippen molar-refractivity contribution in [2.75, 3.05) is 19.6 Å². The van der Waals surface area contributed by atoms with Crippen LogP contribution in [0, 0.1) is 23.2 Å². The second-order valence-electron chi connectivity index (χ2n) is 10.2. The monoisotopic (exact) mass is 334 g/mol. The molecule has 25 heavy (non-hydrogen) atoms. The standard InChI is InChI=1S/C23H30N2/c1-2-4-18-16(3-1)11-20-22-8-7-19-21(17(12-22)13-24-19)23(18,22)9-10-25(20)14-15-5-6-15/h1-4,15,17,19-21,24H,5-14H2/t17-,19?,20?,21?,22?,23?/m1/s1. The number of hydrogen-bond acceptors (Lipinski definition) is 2. The zero-order valence-electron chi connectivity index (χ0n) is 15.2. The van der Waals surface area contributed by atoms with Crippen molar-refractivity contribution in [1.29, 1.82) is 0 Å². The van der Waals surface area contributed by atoms with Gasteiger partial charge in [0.05, 0.1) is 0 Å². The van der Waals surface area contributed by atoms with Crippen LogP contribution in [0.25, 0.3) is 0 Å². The maximum atomic E-state index is 3.94. The molecule has 2 saturated heterocycles. The van der Waals surface area contributed by atoms with Gasteiger partial charge in [-0.15, -0.1) is 0 Å². The summed E-state index contributed by atoms with van der Waals surface area (Å²) in [6.45, 7) is 4.07. The average Bonchev–Trinajstić information content (AvgIpc) is 3.29. The van der Waals surface area contributed by atoms with E-state index in [4.69, 9.17) is 0 Å². The molecule has 0 spiro atoms. The number of piperidine rings is 1. The van der Waals surface area contributed by atoms with E-state index in [1.165, 1.54) is 64.6 Å². The van der Waals surface area contributed by atoms with E-state index in [1.807, 2.05) is 0 Å². The van der Waals surface area contributed by atoms with E-state index in [0.717, 1.165) is 29.8 Å². The summed E-state index contributed by atoms with van der Waals surface area (Å²) < 4.78 is 0. The molecule has 1 N–H and O–H groups in total. The summed E-state index contributed by atoms with van der Waals surface area (Å²) in [6, 6.07) is 11.3. The molecule has 2 heteroatoms. The minimum Gasteiger partial charge on any atom is -0.313 e. The van der Waals surface area contributed by atoms with Crippen molar-refractivity contribution in [3.8, 4) is 0 Å². The molecule has 5 unspecified atom stereocenters. The van der Waals surface area contributed by atoms with Crippen LogP contribution in [-0.2, 0) is 11.8 Å². The molecule has 1 aromatic carbocycles. The lowest BCUT2D eigenvalue weighted by Crippen LogP contribution is -2.69. The molecule has 2 heterocycles. The molecule has 6 aliphatic rings. The maximum absolute atomic E-state index is 3.94. The fourth-order valence-electron chi connectivity index (χ4n) is 8.77. The summed E-state index contributed by atoms with van der Waals surface area (Å²) in [4.78, 5) is 2.99. The zero-order chi connectivity index (χ0) is 16.2. The Morgan fingerprint density at radius 3 is 2.96 bits per heavy atom. The Kier molecular flexibility index (Phi) is 2.57. The fraction of sp³-hybridized carbons (Fsp3) is 0.739. The number of nitrogens with zero attached hydrogens (tertiary/aromatic N) is 1. The maximum Gasteiger partial charge on any atom is 0.0201 e. The Labute approximate surface area is 151 Å². The summed E-state index contributed by atoms with van der Waals surface area (Å²) in [5.74, 6) is 2.90. The lowest BCUT2D eigenvalue weighted by Gasteiger charge is -2.66. The Morgan fingerprint density at radius 1 is 1.12 bits per heavy atom. The van der Waals surface area contributed by atoms with E-state index < -0.39 is 0 Å². The van der Waals surface area contributed by atoms with Gasteiger partial charge in [0.1, 0.15) is 0 Å². The first-order chi connectivity index (χ1) is 12.3. The molecular formula is C23H30N2. The van der Waals surface area contributed by atoms with Crippen LogP contribution >= 0.6 is 0 Å². The second kappa shape index (κ2) is 4.51. The predicted octanol–water partition coefficient (Wildman–Crippen LogP) is 3.35. The molecular weight excluding hydrogens is 304 g/mol. The first-order valence-corrected chi connectivity index (χ1v) is 10.9. The highest BCUT2D eigenvalue weighted by atomic mass is 15.2. The Morgan fingerprint density at radius 2 is 2.04 bits per heavy atom. The van der Waals surface area contributed by atoms with Crippen molar-refractivity contribution < 1.29 is 0 Å². The van der Waals surface area contributed by atoms with Gasteiger partial charge in [0.25, 0.3) is 0 Å². The number of benzene rings is 1. The number of likely N-dealkylation sites (tertiary alicyclic amines) is 1. The third-order valence-electron chi connectivity index (χ3n) is 9.54. The number of fused-ring (bicyclic) bond motifs is 1. The lowest BCUT2D eigenvalue weighted by molar-refractivity contribution is -0.0940. The minimum absolute atomic E-state index is 0.504. The van der Waals surface area contributed by atoms with Crippen LogP contribution in [0.5, 0.6) is 0 Å². The Hall–Kier alpha value is -0.860. The molecule has 3 saturated carbocycles. The highest BCUT2D eigenvalue weighted by molar-refractivity contribution is 5.48. The molecule has 7 rings (SSSR count). The molecule has 2 nitrogen and oxygen atoms in total. The summed E-state index contributed by atoms with van der Waals surface area (Å²) in [6.07, 6.45) is 10.2. The van der Waals surface area contributed by atoms with Crippen molar-refractivity contribution in [3.05, 3.63) is 35.4 Å². The summed E-state index contributed by atoms with van der Waals surface area (Å²) in [5.41, 5.74) is 4.60. The fourth-order valence-corrected chi connectivity index (χ4v) is 8.77. The van der Waals surface area contributed by atoms with Gasteiger partial charge in [0.2, 0.25) is 0 Å². The van der Waals surface area contributed by atoms with E-state index in [1.54, 1.807) is 11.1 Å². The number of rotatable bonds is 2. The highest BCUT2D eigenvalue weighted by Crippen LogP contribution is 2.74. The Balaban J connectivity index is 1.45. The van der Waals surface area contributed by atoms with Gasteiger partial charge < -0.3 is 5.32 Å². The van der Waals surface area contributed by atoms with Gasteiger partial charge in [0, 0.05) is 24.0 Å². The summed E-state index contributed by atoms with van der Waals surface area (Å²) in [5, 5.41) is 3.94. The van der Waals surface area contributed by atoms with Crippen LogP contribution in [0.1, 0.15) is 49.7 Å². The molecule has 0 radical (unpaired) electrons. The smallest absolute Gasteiger partial charge is 0.0201 e. The van der Waals surface area contributed by atoms with Gasteiger partial charge in [-0.2, -0.15) is 0 Å². The van der Waals surface area contributed by atoms with Crippen LogP contribution in [0.4, 0.5) is 0 Å². The van der Waals surface area contributed by atoms with E-state index >= 15 is 0 Å². The molecule has 6 atom stereocenters. The average molecular weight is 335 g/mol. The molecule has 4 aliphatic carbocycles. The van der Waals surface area contributed by atoms with E-state index in [2.05, 4.69) is 34.5 Å². The van der Waals surface area contributed by atoms with Gasteiger partial charge >= 0.3 is 0 Å². The van der Waals surface area contributed by atoms with Crippen LogP contribution in [0.2, 0.25) is 0 Å². The third-order valence-corrected chi connectivity index (χ3v) is 9.54. The SMILES string of the molecule is c1ccc2c(c1)CC1N(CC3CC3)CCC23C2C4CCC13C[C@@H]2CN4. The normalized spacial score (nSPS) is 49.8. The molecule has 0 amide bonds. The van der Waals surface area contributed by atoms with Gasteiger partial charge in [0.15, 0.2) is 0 Å². The van der Waals surface area contributed by atoms with E-state index in [-0.39, 0.29) is 0 Å². The van der Waals surface area contributed by atoms with E-state index in [9.17, 15) is 0 Å². The van der Waals surface area contributed by atoms with Crippen molar-refractivity contribution in [2.45, 2.75) is 62.4 Å². The topological polar surface area (TPSA) is 15.3 Å². The molecule has 5 fully saturated rings. The van der Waals surface area contributed by atoms with Crippen LogP contribution in [0.3, 0.4) is 0 Å². The summed E-state index contributed by atoms with van der Waals surface area (Å²) in [7, 11) is 0. The van der Waals surface area contributed by atoms with Gasteiger partial charge in [-0.25, -0.2) is 0 Å². The summed E-state index contributed by atoms with van der Waals surface area (Å²) >= 11 is 0. The van der Waals surface area contributed by atoms with Crippen LogP contribution < -0.4 is 5.32 Å². The highest BCUT2D eigenvalue weighted by Gasteiger charge is 2.74. The first kappa shape index (κ1) is 14.2. The largest absolute Gasteiger partial charge is 0.313 e. The van der Waals surface area contributed by atoms with Crippen LogP contribution in [-0.4, -0.2) is 36.6 Å². The number of nitrogens with one attached hydrogen (secondary N) is 1. The second-order valence-corrected chi connectivity index (χ2v) is 10.2. The molecule has 2 aliphatic heterocycles. The predicted molar refractivity (Wildman–Crippen MR) is 99.6 cm³/mol. The molecule has 1 aromatic rings. The lowest BCUT2D eigenvalue weighted by atomic mass is 9.44. The Bertz CT molecular complexity index is 739. The minimum atomic E-state index is 0.504. The zero-order valence-corrected chi connectivity index (χ0v) is 15.2. The van der Waals surface area contributed by atoms with Gasteiger partial charge in [-0.3, -0.25) is 4.90 Å². The third kappa shape index (κ3) is 1.53. The van der Waals surface area contributed by atoms with Gasteiger partial charge in [-0.1, -0.05) is 24.3 Å². The quantitative estimate of drug-likeness (QED) is 0.892. The van der Waals surface area contributed by atoms with Crippen LogP contribution in [0.15, 0.2) is 24.3 Å². The van der Waals surface area contributed by atoms with Crippen molar-refractivity contribution in [3.63, 3.8) is 0 Å². The molecule has 132 valence electrons. The van der Waals surface area contributed by atoms with E-state index in [0.29, 0.717) is 10.8 Å². The van der Waals surface area contributed by atoms with Crippen molar-refractivity contribution in [2.24, 2.45) is 23.2 Å². The first-order valence-electron chi connectivity index (χ1n) is 10.9. The number of hydrogen-bond donors (Lipinski definition) is 1. The molecule has 4 bridgehead atoms.